The average Bonchev–Trinajstić information content (AvgIpc) is 2.88. The molecular formula is C26H22N4O3. The molecular weight excluding hydrogens is 416 g/mol. The van der Waals surface area contributed by atoms with Crippen LogP contribution in [-0.4, -0.2) is 46.9 Å². The number of amides is 1. The molecule has 1 amide bonds. The van der Waals surface area contributed by atoms with E-state index in [4.69, 9.17) is 4.98 Å². The van der Waals surface area contributed by atoms with Crippen molar-refractivity contribution in [3.8, 4) is 11.3 Å². The van der Waals surface area contributed by atoms with Gasteiger partial charge in [0.05, 0.1) is 21.7 Å². The van der Waals surface area contributed by atoms with Gasteiger partial charge in [-0.2, -0.15) is 0 Å². The molecule has 0 atom stereocenters. The van der Waals surface area contributed by atoms with Crippen LogP contribution in [0.1, 0.15) is 10.4 Å². The number of fused-ring (bicyclic) bond motifs is 1. The summed E-state index contributed by atoms with van der Waals surface area (Å²) in [4.78, 5) is 32.9. The van der Waals surface area contributed by atoms with Crippen LogP contribution in [0.2, 0.25) is 0 Å². The lowest BCUT2D eigenvalue weighted by Gasteiger charge is -2.36. The molecule has 2 heterocycles. The molecule has 7 heteroatoms. The van der Waals surface area contributed by atoms with Crippen LogP contribution in [0.3, 0.4) is 0 Å². The lowest BCUT2D eigenvalue weighted by molar-refractivity contribution is -0.384. The molecule has 0 aliphatic carbocycles. The maximum Gasteiger partial charge on any atom is 0.269 e. The number of aromatic nitrogens is 1. The molecule has 0 N–H and O–H groups in total. The number of benzene rings is 3. The second-order valence-corrected chi connectivity index (χ2v) is 7.99. The van der Waals surface area contributed by atoms with Gasteiger partial charge in [-0.3, -0.25) is 14.9 Å². The fraction of sp³-hybridized carbons (Fsp3) is 0.154. The summed E-state index contributed by atoms with van der Waals surface area (Å²) in [6.07, 6.45) is 0. The Balaban J connectivity index is 1.39. The van der Waals surface area contributed by atoms with Crippen LogP contribution in [0.5, 0.6) is 0 Å². The molecule has 0 radical (unpaired) electrons. The van der Waals surface area contributed by atoms with Crippen molar-refractivity contribution in [2.24, 2.45) is 0 Å². The summed E-state index contributed by atoms with van der Waals surface area (Å²) < 4.78 is 0. The fourth-order valence-corrected chi connectivity index (χ4v) is 4.23. The molecule has 3 aromatic carbocycles. The number of carbonyl (C=O) groups is 1. The quantitative estimate of drug-likeness (QED) is 0.339. The normalized spacial score (nSPS) is 13.8. The van der Waals surface area contributed by atoms with Crippen molar-refractivity contribution >= 4 is 28.2 Å². The van der Waals surface area contributed by atoms with E-state index in [-0.39, 0.29) is 11.6 Å². The molecule has 5 rings (SSSR count). The lowest BCUT2D eigenvalue weighted by atomic mass is 10.0. The van der Waals surface area contributed by atoms with Gasteiger partial charge < -0.3 is 9.80 Å². The van der Waals surface area contributed by atoms with E-state index in [2.05, 4.69) is 4.90 Å². The number of non-ortho nitro benzene ring substituents is 1. The van der Waals surface area contributed by atoms with E-state index < -0.39 is 4.92 Å². The van der Waals surface area contributed by atoms with Gasteiger partial charge >= 0.3 is 0 Å². The number of para-hydroxylation sites is 1. The first-order chi connectivity index (χ1) is 16.1. The topological polar surface area (TPSA) is 79.6 Å². The molecule has 1 aromatic heterocycles. The zero-order valence-corrected chi connectivity index (χ0v) is 17.9. The average molecular weight is 438 g/mol. The maximum absolute atomic E-state index is 13.6. The number of nitro benzene ring substituents is 1. The Labute approximate surface area is 191 Å². The molecule has 7 nitrogen and oxygen atoms in total. The third-order valence-electron chi connectivity index (χ3n) is 6.01. The van der Waals surface area contributed by atoms with Gasteiger partial charge in [-0.05, 0) is 24.3 Å². The van der Waals surface area contributed by atoms with Gasteiger partial charge in [0.2, 0.25) is 0 Å². The van der Waals surface area contributed by atoms with Gasteiger partial charge in [0.15, 0.2) is 0 Å². The summed E-state index contributed by atoms with van der Waals surface area (Å²) in [6, 6.07) is 26.1. The number of rotatable bonds is 4. The number of nitrogens with zero attached hydrogens (tertiary/aromatic N) is 4. The Morgan fingerprint density at radius 1 is 0.848 bits per heavy atom. The van der Waals surface area contributed by atoms with Crippen molar-refractivity contribution in [3.63, 3.8) is 0 Å². The van der Waals surface area contributed by atoms with E-state index in [1.54, 1.807) is 12.1 Å². The van der Waals surface area contributed by atoms with E-state index >= 15 is 0 Å². The SMILES string of the molecule is O=C(c1cc(-c2ccccc2)nc2ccccc12)N1CCN(c2ccc([N+](=O)[O-])cc2)CC1. The molecule has 33 heavy (non-hydrogen) atoms. The predicted molar refractivity (Wildman–Crippen MR) is 128 cm³/mol. The van der Waals surface area contributed by atoms with Gasteiger partial charge in [0.25, 0.3) is 11.6 Å². The summed E-state index contributed by atoms with van der Waals surface area (Å²) in [7, 11) is 0. The van der Waals surface area contributed by atoms with Gasteiger partial charge in [-0.1, -0.05) is 48.5 Å². The number of pyridine rings is 1. The first-order valence-electron chi connectivity index (χ1n) is 10.8. The van der Waals surface area contributed by atoms with E-state index in [1.165, 1.54) is 12.1 Å². The van der Waals surface area contributed by atoms with Crippen molar-refractivity contribution in [1.29, 1.82) is 0 Å². The van der Waals surface area contributed by atoms with Gasteiger partial charge in [-0.15, -0.1) is 0 Å². The highest BCUT2D eigenvalue weighted by Crippen LogP contribution is 2.27. The number of piperazine rings is 1. The Morgan fingerprint density at radius 2 is 1.52 bits per heavy atom. The van der Waals surface area contributed by atoms with E-state index in [9.17, 15) is 14.9 Å². The monoisotopic (exact) mass is 438 g/mol. The van der Waals surface area contributed by atoms with Crippen molar-refractivity contribution < 1.29 is 9.72 Å². The van der Waals surface area contributed by atoms with Crippen LogP contribution in [-0.2, 0) is 0 Å². The van der Waals surface area contributed by atoms with Crippen LogP contribution < -0.4 is 4.90 Å². The zero-order valence-electron chi connectivity index (χ0n) is 17.9. The van der Waals surface area contributed by atoms with E-state index in [0.29, 0.717) is 31.7 Å². The van der Waals surface area contributed by atoms with Gasteiger partial charge in [0, 0.05) is 54.9 Å². The summed E-state index contributed by atoms with van der Waals surface area (Å²) in [5, 5.41) is 11.7. The minimum absolute atomic E-state index is 0.00543. The number of nitro groups is 1. The molecule has 1 saturated heterocycles. The smallest absolute Gasteiger partial charge is 0.269 e. The molecule has 1 aliphatic heterocycles. The van der Waals surface area contributed by atoms with Crippen molar-refractivity contribution in [2.75, 3.05) is 31.1 Å². The van der Waals surface area contributed by atoms with E-state index in [1.807, 2.05) is 65.6 Å². The second kappa shape index (κ2) is 8.70. The largest absolute Gasteiger partial charge is 0.368 e. The van der Waals surface area contributed by atoms with Crippen molar-refractivity contribution in [3.05, 3.63) is 101 Å². The number of anilines is 1. The first kappa shape index (κ1) is 20.6. The number of hydrogen-bond donors (Lipinski definition) is 0. The second-order valence-electron chi connectivity index (χ2n) is 7.99. The Morgan fingerprint density at radius 3 is 2.21 bits per heavy atom. The fourth-order valence-electron chi connectivity index (χ4n) is 4.23. The highest BCUT2D eigenvalue weighted by atomic mass is 16.6. The summed E-state index contributed by atoms with van der Waals surface area (Å²) in [6.45, 7) is 2.48. The Bertz CT molecular complexity index is 1310. The Hall–Kier alpha value is -4.26. The van der Waals surface area contributed by atoms with Crippen molar-refractivity contribution in [2.45, 2.75) is 0 Å². The third-order valence-corrected chi connectivity index (χ3v) is 6.01. The first-order valence-corrected chi connectivity index (χ1v) is 10.8. The van der Waals surface area contributed by atoms with Gasteiger partial charge in [0.1, 0.15) is 0 Å². The minimum Gasteiger partial charge on any atom is -0.368 e. The molecule has 0 saturated carbocycles. The highest BCUT2D eigenvalue weighted by molar-refractivity contribution is 6.07. The molecule has 1 fully saturated rings. The number of carbonyl (C=O) groups excluding carboxylic acids is 1. The van der Waals surface area contributed by atoms with E-state index in [0.717, 1.165) is 27.8 Å². The lowest BCUT2D eigenvalue weighted by Crippen LogP contribution is -2.48. The molecule has 0 bridgehead atoms. The molecule has 164 valence electrons. The number of hydrogen-bond acceptors (Lipinski definition) is 5. The van der Waals surface area contributed by atoms with Crippen LogP contribution in [0.15, 0.2) is 84.9 Å². The van der Waals surface area contributed by atoms with Gasteiger partial charge in [-0.25, -0.2) is 4.98 Å². The summed E-state index contributed by atoms with van der Waals surface area (Å²) in [5.74, 6) is -0.00543. The molecule has 4 aromatic rings. The highest BCUT2D eigenvalue weighted by Gasteiger charge is 2.24. The van der Waals surface area contributed by atoms with Crippen LogP contribution in [0.4, 0.5) is 11.4 Å². The molecule has 0 spiro atoms. The Kier molecular flexibility index (Phi) is 5.44. The standard InChI is InChI=1S/C26H22N4O3/c31-26(29-16-14-28(15-17-29)20-10-12-21(13-11-20)30(32)33)23-18-25(19-6-2-1-3-7-19)27-24-9-5-4-8-22(23)24/h1-13,18H,14-17H2. The third kappa shape index (κ3) is 4.13. The molecule has 1 aliphatic rings. The summed E-state index contributed by atoms with van der Waals surface area (Å²) >= 11 is 0. The van der Waals surface area contributed by atoms with Crippen LogP contribution in [0.25, 0.3) is 22.2 Å². The maximum atomic E-state index is 13.6. The summed E-state index contributed by atoms with van der Waals surface area (Å²) in [5.41, 5.74) is 4.21. The van der Waals surface area contributed by atoms with Crippen LogP contribution in [0, 0.1) is 10.1 Å². The van der Waals surface area contributed by atoms with Crippen molar-refractivity contribution in [1.82, 2.24) is 9.88 Å². The molecule has 0 unspecified atom stereocenters. The zero-order chi connectivity index (χ0) is 22.8. The van der Waals surface area contributed by atoms with Crippen LogP contribution >= 0.6 is 0 Å². The minimum atomic E-state index is -0.400. The predicted octanol–water partition coefficient (Wildman–Crippen LogP) is 4.77.